The Morgan fingerprint density at radius 3 is 3.00 bits per heavy atom. The molecule has 0 radical (unpaired) electrons. The highest BCUT2D eigenvalue weighted by Crippen LogP contribution is 2.17. The number of nitrogens with one attached hydrogen (secondary N) is 1. The van der Waals surface area contributed by atoms with E-state index < -0.39 is 0 Å². The summed E-state index contributed by atoms with van der Waals surface area (Å²) in [5, 5.41) is 0. The number of amides is 1. The predicted molar refractivity (Wildman–Crippen MR) is 60.6 cm³/mol. The Labute approximate surface area is 94.6 Å². The van der Waals surface area contributed by atoms with Crippen molar-refractivity contribution in [2.24, 2.45) is 0 Å². The van der Waals surface area contributed by atoms with Crippen LogP contribution in [0, 0.1) is 0 Å². The van der Waals surface area contributed by atoms with Crippen LogP contribution in [-0.2, 0) is 0 Å². The van der Waals surface area contributed by atoms with E-state index in [0.717, 1.165) is 19.4 Å². The summed E-state index contributed by atoms with van der Waals surface area (Å²) in [4.78, 5) is 28.5. The van der Waals surface area contributed by atoms with Gasteiger partial charge in [-0.2, -0.15) is 0 Å². The summed E-state index contributed by atoms with van der Waals surface area (Å²) < 4.78 is 0. The van der Waals surface area contributed by atoms with E-state index in [1.807, 2.05) is 0 Å². The number of Topliss-reactive ketones (excluding diaryl/α,β-unsaturated/α-hetero) is 1. The summed E-state index contributed by atoms with van der Waals surface area (Å²) in [5.74, 6) is 0.0166. The maximum Gasteiger partial charge on any atom is 0.271 e. The molecule has 2 rings (SSSR count). The number of fused-ring (bicyclic) bond motifs is 1. The molecule has 0 bridgehead atoms. The van der Waals surface area contributed by atoms with Crippen molar-refractivity contribution in [2.75, 3.05) is 13.1 Å². The number of aromatic nitrogens is 1. The van der Waals surface area contributed by atoms with E-state index in [1.54, 1.807) is 17.2 Å². The first-order chi connectivity index (χ1) is 7.74. The van der Waals surface area contributed by atoms with Crippen LogP contribution in [0.4, 0.5) is 0 Å². The third kappa shape index (κ3) is 1.87. The van der Waals surface area contributed by atoms with Crippen LogP contribution in [0.5, 0.6) is 0 Å². The molecule has 0 spiro atoms. The number of unbranched alkanes of at least 4 members (excludes halogenated alkanes) is 1. The SMILES string of the molecule is CCCCN1CCC(=O)c2cc[nH]c2C1=O. The standard InChI is InChI=1S/C12H16N2O2/c1-2-3-7-14-8-5-10(15)9-4-6-13-11(9)12(14)16/h4,6,13H,2-3,5,7-8H2,1H3. The van der Waals surface area contributed by atoms with Gasteiger partial charge in [-0.1, -0.05) is 13.3 Å². The molecule has 0 saturated carbocycles. The van der Waals surface area contributed by atoms with Gasteiger partial charge in [-0.3, -0.25) is 9.59 Å². The van der Waals surface area contributed by atoms with Crippen LogP contribution < -0.4 is 0 Å². The van der Waals surface area contributed by atoms with Gasteiger partial charge in [0.15, 0.2) is 5.78 Å². The fourth-order valence-corrected chi connectivity index (χ4v) is 1.97. The van der Waals surface area contributed by atoms with Gasteiger partial charge < -0.3 is 9.88 Å². The fourth-order valence-electron chi connectivity index (χ4n) is 1.97. The average molecular weight is 220 g/mol. The van der Waals surface area contributed by atoms with Crippen molar-refractivity contribution < 1.29 is 9.59 Å². The monoisotopic (exact) mass is 220 g/mol. The highest BCUT2D eigenvalue weighted by atomic mass is 16.2. The molecule has 1 amide bonds. The summed E-state index contributed by atoms with van der Waals surface area (Å²) in [6, 6.07) is 1.69. The van der Waals surface area contributed by atoms with E-state index in [-0.39, 0.29) is 11.7 Å². The smallest absolute Gasteiger partial charge is 0.271 e. The number of rotatable bonds is 3. The van der Waals surface area contributed by atoms with Gasteiger partial charge in [0.05, 0.1) is 0 Å². The van der Waals surface area contributed by atoms with Crippen molar-refractivity contribution in [3.8, 4) is 0 Å². The average Bonchev–Trinajstić information content (AvgIpc) is 2.73. The van der Waals surface area contributed by atoms with Crippen LogP contribution in [0.1, 0.15) is 47.0 Å². The Balaban J connectivity index is 2.23. The molecule has 16 heavy (non-hydrogen) atoms. The number of nitrogens with zero attached hydrogens (tertiary/aromatic N) is 1. The molecule has 0 saturated heterocycles. The number of hydrogen-bond donors (Lipinski definition) is 1. The third-order valence-electron chi connectivity index (χ3n) is 2.94. The molecule has 1 aliphatic rings. The second-order valence-corrected chi connectivity index (χ2v) is 4.09. The van der Waals surface area contributed by atoms with E-state index in [9.17, 15) is 9.59 Å². The van der Waals surface area contributed by atoms with Crippen molar-refractivity contribution in [1.82, 2.24) is 9.88 Å². The fraction of sp³-hybridized carbons (Fsp3) is 0.500. The van der Waals surface area contributed by atoms with Crippen molar-refractivity contribution in [3.05, 3.63) is 23.5 Å². The number of carbonyl (C=O) groups is 2. The number of ketones is 1. The molecule has 2 heterocycles. The molecule has 4 nitrogen and oxygen atoms in total. The maximum absolute atomic E-state index is 12.1. The van der Waals surface area contributed by atoms with E-state index in [4.69, 9.17) is 0 Å². The molecule has 86 valence electrons. The normalized spacial score (nSPS) is 16.2. The molecule has 4 heteroatoms. The van der Waals surface area contributed by atoms with Crippen molar-refractivity contribution in [2.45, 2.75) is 26.2 Å². The van der Waals surface area contributed by atoms with E-state index in [2.05, 4.69) is 11.9 Å². The quantitative estimate of drug-likeness (QED) is 0.845. The minimum Gasteiger partial charge on any atom is -0.357 e. The molecule has 1 aromatic heterocycles. The van der Waals surface area contributed by atoms with Crippen molar-refractivity contribution in [1.29, 1.82) is 0 Å². The second-order valence-electron chi connectivity index (χ2n) is 4.09. The van der Waals surface area contributed by atoms with Gasteiger partial charge in [0.2, 0.25) is 0 Å². The number of H-pyrrole nitrogens is 1. The summed E-state index contributed by atoms with van der Waals surface area (Å²) in [6.45, 7) is 3.37. The minimum absolute atomic E-state index is 0.0423. The zero-order valence-corrected chi connectivity index (χ0v) is 9.45. The number of carbonyl (C=O) groups excluding carboxylic acids is 2. The zero-order valence-electron chi connectivity index (χ0n) is 9.45. The largest absolute Gasteiger partial charge is 0.357 e. The molecule has 1 N–H and O–H groups in total. The van der Waals surface area contributed by atoms with Gasteiger partial charge in [-0.15, -0.1) is 0 Å². The van der Waals surface area contributed by atoms with E-state index >= 15 is 0 Å². The zero-order chi connectivity index (χ0) is 11.5. The van der Waals surface area contributed by atoms with Crippen LogP contribution in [-0.4, -0.2) is 34.7 Å². The molecule has 0 aliphatic carbocycles. The van der Waals surface area contributed by atoms with Gasteiger partial charge in [0.25, 0.3) is 5.91 Å². The van der Waals surface area contributed by atoms with Crippen molar-refractivity contribution in [3.63, 3.8) is 0 Å². The molecular formula is C12H16N2O2. The van der Waals surface area contributed by atoms with Crippen LogP contribution in [0.3, 0.4) is 0 Å². The lowest BCUT2D eigenvalue weighted by Crippen LogP contribution is -2.32. The molecule has 1 aliphatic heterocycles. The van der Waals surface area contributed by atoms with Gasteiger partial charge in [0, 0.05) is 31.3 Å². The summed E-state index contributed by atoms with van der Waals surface area (Å²) in [5.41, 5.74) is 1.00. The van der Waals surface area contributed by atoms with Crippen LogP contribution in [0.25, 0.3) is 0 Å². The Morgan fingerprint density at radius 2 is 2.25 bits per heavy atom. The van der Waals surface area contributed by atoms with Gasteiger partial charge >= 0.3 is 0 Å². The van der Waals surface area contributed by atoms with E-state index in [0.29, 0.717) is 24.2 Å². The minimum atomic E-state index is -0.0423. The topological polar surface area (TPSA) is 53.2 Å². The first kappa shape index (κ1) is 10.9. The van der Waals surface area contributed by atoms with Crippen LogP contribution in [0.2, 0.25) is 0 Å². The lowest BCUT2D eigenvalue weighted by molar-refractivity contribution is 0.0751. The highest BCUT2D eigenvalue weighted by molar-refractivity contribution is 6.08. The number of hydrogen-bond acceptors (Lipinski definition) is 2. The Hall–Kier alpha value is -1.58. The Bertz CT molecular complexity index is 409. The highest BCUT2D eigenvalue weighted by Gasteiger charge is 2.27. The summed E-state index contributed by atoms with van der Waals surface area (Å²) in [6.07, 6.45) is 4.12. The molecule has 0 aromatic carbocycles. The van der Waals surface area contributed by atoms with Gasteiger partial charge in [-0.05, 0) is 12.5 Å². The summed E-state index contributed by atoms with van der Waals surface area (Å²) >= 11 is 0. The Kier molecular flexibility index (Phi) is 3.08. The second kappa shape index (κ2) is 4.51. The lowest BCUT2D eigenvalue weighted by atomic mass is 10.1. The first-order valence-corrected chi connectivity index (χ1v) is 5.74. The molecule has 0 fully saturated rings. The molecule has 0 unspecified atom stereocenters. The molecule has 0 atom stereocenters. The Morgan fingerprint density at radius 1 is 1.44 bits per heavy atom. The van der Waals surface area contributed by atoms with Gasteiger partial charge in [-0.25, -0.2) is 0 Å². The van der Waals surface area contributed by atoms with E-state index in [1.165, 1.54) is 0 Å². The van der Waals surface area contributed by atoms with Crippen molar-refractivity contribution >= 4 is 11.7 Å². The first-order valence-electron chi connectivity index (χ1n) is 5.74. The molecular weight excluding hydrogens is 204 g/mol. The van der Waals surface area contributed by atoms with Gasteiger partial charge in [0.1, 0.15) is 5.69 Å². The third-order valence-corrected chi connectivity index (χ3v) is 2.94. The molecule has 1 aromatic rings. The maximum atomic E-state index is 12.1. The van der Waals surface area contributed by atoms with Crippen LogP contribution >= 0.6 is 0 Å². The van der Waals surface area contributed by atoms with Crippen LogP contribution in [0.15, 0.2) is 12.3 Å². The lowest BCUT2D eigenvalue weighted by Gasteiger charge is -2.19. The predicted octanol–water partition coefficient (Wildman–Crippen LogP) is 1.84. The summed E-state index contributed by atoms with van der Waals surface area (Å²) in [7, 11) is 0. The number of aromatic amines is 1.